The van der Waals surface area contributed by atoms with Gasteiger partial charge in [-0.15, -0.1) is 0 Å². The second-order valence-corrected chi connectivity index (χ2v) is 5.99. The maximum absolute atomic E-state index is 12.1. The molecule has 4 nitrogen and oxygen atoms in total. The molecule has 0 aliphatic carbocycles. The van der Waals surface area contributed by atoms with Crippen LogP contribution in [0.15, 0.2) is 36.4 Å². The van der Waals surface area contributed by atoms with E-state index in [1.54, 1.807) is 39.0 Å². The minimum absolute atomic E-state index is 0.168. The average Bonchev–Trinajstić information content (AvgIpc) is 2.49. The summed E-state index contributed by atoms with van der Waals surface area (Å²) in [6, 6.07) is 9.19. The maximum atomic E-state index is 12.1. The minimum Gasteiger partial charge on any atom is -0.507 e. The van der Waals surface area contributed by atoms with Crippen LogP contribution < -0.4 is 4.74 Å². The Kier molecular flexibility index (Phi) is 5.06. The van der Waals surface area contributed by atoms with E-state index < -0.39 is 5.97 Å². The van der Waals surface area contributed by atoms with Gasteiger partial charge in [-0.05, 0) is 36.8 Å². The van der Waals surface area contributed by atoms with Gasteiger partial charge in [0.05, 0.1) is 11.1 Å². The lowest BCUT2D eigenvalue weighted by Gasteiger charge is -2.12. The molecule has 0 aliphatic rings. The predicted molar refractivity (Wildman–Crippen MR) is 88.4 cm³/mol. The van der Waals surface area contributed by atoms with Crippen molar-refractivity contribution in [1.82, 2.24) is 0 Å². The number of rotatable bonds is 4. The number of ketones is 1. The van der Waals surface area contributed by atoms with Gasteiger partial charge >= 0.3 is 5.97 Å². The Morgan fingerprint density at radius 3 is 2.48 bits per heavy atom. The van der Waals surface area contributed by atoms with Crippen LogP contribution in [0.1, 0.15) is 40.1 Å². The number of ether oxygens (including phenoxy) is 1. The fourth-order valence-electron chi connectivity index (χ4n) is 2.07. The van der Waals surface area contributed by atoms with Gasteiger partial charge in [0, 0.05) is 17.0 Å². The molecule has 0 saturated carbocycles. The number of benzene rings is 2. The number of esters is 1. The van der Waals surface area contributed by atoms with E-state index in [2.05, 4.69) is 0 Å². The summed E-state index contributed by atoms with van der Waals surface area (Å²) in [7, 11) is 0. The van der Waals surface area contributed by atoms with Crippen LogP contribution in [0.4, 0.5) is 0 Å². The predicted octanol–water partition coefficient (Wildman–Crippen LogP) is 4.41. The van der Waals surface area contributed by atoms with Gasteiger partial charge in [0.1, 0.15) is 11.5 Å². The van der Waals surface area contributed by atoms with Gasteiger partial charge < -0.3 is 9.84 Å². The summed E-state index contributed by atoms with van der Waals surface area (Å²) in [6.07, 6.45) is 0. The van der Waals surface area contributed by atoms with E-state index in [9.17, 15) is 14.7 Å². The molecule has 0 fully saturated rings. The summed E-state index contributed by atoms with van der Waals surface area (Å²) in [5, 5.41) is 10.5. The summed E-state index contributed by atoms with van der Waals surface area (Å²) in [4.78, 5) is 24.2. The van der Waals surface area contributed by atoms with Gasteiger partial charge in [0.2, 0.25) is 0 Å². The van der Waals surface area contributed by atoms with Crippen molar-refractivity contribution in [1.29, 1.82) is 0 Å². The minimum atomic E-state index is -0.585. The SMILES string of the molecule is Cc1cc(C(=O)C(C)C)c(O)cc1OC(=O)c1cccc(Cl)c1. The fourth-order valence-corrected chi connectivity index (χ4v) is 2.26. The number of halogens is 1. The molecule has 0 heterocycles. The molecule has 0 saturated heterocycles. The molecule has 0 aliphatic heterocycles. The highest BCUT2D eigenvalue weighted by atomic mass is 35.5. The van der Waals surface area contributed by atoms with Crippen LogP contribution in [0.3, 0.4) is 0 Å². The summed E-state index contributed by atoms with van der Waals surface area (Å²) >= 11 is 5.85. The highest BCUT2D eigenvalue weighted by molar-refractivity contribution is 6.30. The molecule has 2 aromatic carbocycles. The third-order valence-electron chi connectivity index (χ3n) is 3.35. The lowest BCUT2D eigenvalue weighted by Crippen LogP contribution is -2.11. The number of phenolic OH excluding ortho intramolecular Hbond substituents is 1. The number of aryl methyl sites for hydroxylation is 1. The number of carbonyl (C=O) groups excluding carboxylic acids is 2. The standard InChI is InChI=1S/C18H17ClO4/c1-10(2)17(21)14-7-11(3)16(9-15(14)20)23-18(22)12-5-4-6-13(19)8-12/h4-10,20H,1-3H3. The first kappa shape index (κ1) is 17.0. The first-order valence-corrected chi connectivity index (χ1v) is 7.53. The molecule has 0 unspecified atom stereocenters. The zero-order valence-electron chi connectivity index (χ0n) is 13.1. The normalized spacial score (nSPS) is 10.7. The topological polar surface area (TPSA) is 63.6 Å². The molecule has 120 valence electrons. The Morgan fingerprint density at radius 1 is 1.17 bits per heavy atom. The Balaban J connectivity index is 2.29. The van der Waals surface area contributed by atoms with E-state index >= 15 is 0 Å². The number of hydrogen-bond acceptors (Lipinski definition) is 4. The van der Waals surface area contributed by atoms with E-state index in [0.717, 1.165) is 0 Å². The highest BCUT2D eigenvalue weighted by Crippen LogP contribution is 2.30. The Labute approximate surface area is 139 Å². The molecule has 0 spiro atoms. The molecule has 0 amide bonds. The van der Waals surface area contributed by atoms with E-state index in [1.807, 2.05) is 0 Å². The molecular weight excluding hydrogens is 316 g/mol. The second-order valence-electron chi connectivity index (χ2n) is 5.55. The van der Waals surface area contributed by atoms with Crippen molar-refractivity contribution in [2.24, 2.45) is 5.92 Å². The zero-order valence-corrected chi connectivity index (χ0v) is 13.8. The molecule has 0 aromatic heterocycles. The van der Waals surface area contributed by atoms with E-state index in [4.69, 9.17) is 16.3 Å². The van der Waals surface area contributed by atoms with Crippen LogP contribution in [0.2, 0.25) is 5.02 Å². The van der Waals surface area contributed by atoms with Crippen molar-refractivity contribution in [2.45, 2.75) is 20.8 Å². The van der Waals surface area contributed by atoms with Crippen LogP contribution in [0.25, 0.3) is 0 Å². The number of Topliss-reactive ketones (excluding diaryl/α,β-unsaturated/α-hetero) is 1. The lowest BCUT2D eigenvalue weighted by molar-refractivity contribution is 0.0733. The molecule has 1 N–H and O–H groups in total. The third kappa shape index (κ3) is 3.90. The van der Waals surface area contributed by atoms with Crippen molar-refractivity contribution in [3.8, 4) is 11.5 Å². The van der Waals surface area contributed by atoms with Gasteiger partial charge in [-0.1, -0.05) is 31.5 Å². The molecule has 5 heteroatoms. The van der Waals surface area contributed by atoms with Crippen molar-refractivity contribution in [2.75, 3.05) is 0 Å². The fraction of sp³-hybridized carbons (Fsp3) is 0.222. The zero-order chi connectivity index (χ0) is 17.1. The quantitative estimate of drug-likeness (QED) is 0.511. The molecule has 2 aromatic rings. The maximum Gasteiger partial charge on any atom is 0.343 e. The summed E-state index contributed by atoms with van der Waals surface area (Å²) in [5.74, 6) is -0.993. The Bertz CT molecular complexity index is 766. The van der Waals surface area contributed by atoms with Gasteiger partial charge in [0.15, 0.2) is 5.78 Å². The lowest BCUT2D eigenvalue weighted by atomic mass is 9.98. The van der Waals surface area contributed by atoms with Gasteiger partial charge in [-0.3, -0.25) is 4.79 Å². The van der Waals surface area contributed by atoms with Crippen LogP contribution in [-0.4, -0.2) is 16.9 Å². The molecule has 23 heavy (non-hydrogen) atoms. The van der Waals surface area contributed by atoms with Crippen molar-refractivity contribution >= 4 is 23.4 Å². The largest absolute Gasteiger partial charge is 0.507 e. The highest BCUT2D eigenvalue weighted by Gasteiger charge is 2.19. The smallest absolute Gasteiger partial charge is 0.343 e. The summed E-state index contributed by atoms with van der Waals surface area (Å²) in [6.45, 7) is 5.21. The third-order valence-corrected chi connectivity index (χ3v) is 3.58. The van der Waals surface area contributed by atoms with Gasteiger partial charge in [0.25, 0.3) is 0 Å². The molecule has 0 atom stereocenters. The van der Waals surface area contributed by atoms with Crippen molar-refractivity contribution in [3.63, 3.8) is 0 Å². The Hall–Kier alpha value is -2.33. The van der Waals surface area contributed by atoms with E-state index in [-0.39, 0.29) is 28.8 Å². The summed E-state index contributed by atoms with van der Waals surface area (Å²) in [5.41, 5.74) is 1.11. The van der Waals surface area contributed by atoms with Gasteiger partial charge in [-0.25, -0.2) is 4.79 Å². The average molecular weight is 333 g/mol. The first-order chi connectivity index (χ1) is 10.8. The van der Waals surface area contributed by atoms with E-state index in [0.29, 0.717) is 16.1 Å². The van der Waals surface area contributed by atoms with Crippen LogP contribution in [-0.2, 0) is 0 Å². The number of aromatic hydroxyl groups is 1. The molecular formula is C18H17ClO4. The number of hydrogen-bond donors (Lipinski definition) is 1. The first-order valence-electron chi connectivity index (χ1n) is 7.15. The second kappa shape index (κ2) is 6.84. The Morgan fingerprint density at radius 2 is 1.87 bits per heavy atom. The molecule has 0 radical (unpaired) electrons. The number of phenols is 1. The van der Waals surface area contributed by atoms with Crippen LogP contribution in [0, 0.1) is 12.8 Å². The van der Waals surface area contributed by atoms with Gasteiger partial charge in [-0.2, -0.15) is 0 Å². The van der Waals surface area contributed by atoms with Crippen molar-refractivity contribution < 1.29 is 19.4 Å². The molecule has 0 bridgehead atoms. The van der Waals surface area contributed by atoms with Crippen LogP contribution >= 0.6 is 11.6 Å². The monoisotopic (exact) mass is 332 g/mol. The van der Waals surface area contributed by atoms with E-state index in [1.165, 1.54) is 18.2 Å². The van der Waals surface area contributed by atoms with Crippen LogP contribution in [0.5, 0.6) is 11.5 Å². The summed E-state index contributed by atoms with van der Waals surface area (Å²) < 4.78 is 5.29. The molecule has 2 rings (SSSR count). The van der Waals surface area contributed by atoms with Crippen molar-refractivity contribution in [3.05, 3.63) is 58.1 Å². The number of carbonyl (C=O) groups is 2.